The number of carboxylic acid groups (broad SMARTS) is 1. The number of aromatic amines is 1. The van der Waals surface area contributed by atoms with Crippen LogP contribution in [0.5, 0.6) is 0 Å². The molecule has 0 radical (unpaired) electrons. The first-order valence-corrected chi connectivity index (χ1v) is 12.2. The predicted molar refractivity (Wildman–Crippen MR) is 146 cm³/mol. The van der Waals surface area contributed by atoms with Crippen molar-refractivity contribution in [2.75, 3.05) is 19.4 Å². The molecule has 206 valence electrons. The van der Waals surface area contributed by atoms with Crippen molar-refractivity contribution in [1.29, 1.82) is 0 Å². The zero-order valence-electron chi connectivity index (χ0n) is 22.5. The van der Waals surface area contributed by atoms with E-state index in [0.29, 0.717) is 28.5 Å². The lowest BCUT2D eigenvalue weighted by Crippen LogP contribution is -2.44. The molecule has 0 aliphatic heterocycles. The zero-order valence-corrected chi connectivity index (χ0v) is 22.5. The maximum atomic E-state index is 13.1. The van der Waals surface area contributed by atoms with Gasteiger partial charge in [0.25, 0.3) is 5.56 Å². The molecule has 0 aliphatic carbocycles. The average Bonchev–Trinajstić information content (AvgIpc) is 3.25. The molecular weight excluding hydrogens is 504 g/mol. The van der Waals surface area contributed by atoms with Crippen LogP contribution in [0.3, 0.4) is 0 Å². The van der Waals surface area contributed by atoms with Crippen molar-refractivity contribution in [1.82, 2.24) is 34.7 Å². The van der Waals surface area contributed by atoms with Gasteiger partial charge in [0.15, 0.2) is 5.65 Å². The number of nitrogens with one attached hydrogen (secondary N) is 3. The van der Waals surface area contributed by atoms with E-state index < -0.39 is 23.6 Å². The Hall–Kier alpha value is -4.81. The fourth-order valence-corrected chi connectivity index (χ4v) is 3.69. The number of aromatic nitrogens is 5. The standard InChI is InChI=1S/C26H32N8O5/c1-15(2)13-19-22-23(28-16(3)27-19)32-20(31-22)14-34-12-8-10-18(25(34)37)29-24(36)17(30-26(38)39)9-6-7-11-21(35)33(4)5/h7-8,10-13,17,30H,6,9,14H2,1-5H3,(H,29,36)(H,38,39)(H,27,28,31,32)/b11-7+/t17-/m0/s1. The van der Waals surface area contributed by atoms with Gasteiger partial charge in [0.05, 0.1) is 12.2 Å². The first kappa shape index (κ1) is 28.8. The molecule has 4 N–H and O–H groups in total. The van der Waals surface area contributed by atoms with Crippen molar-refractivity contribution in [3.05, 3.63) is 63.8 Å². The first-order valence-electron chi connectivity index (χ1n) is 12.2. The van der Waals surface area contributed by atoms with Crippen molar-refractivity contribution in [3.63, 3.8) is 0 Å². The number of carbonyl (C=O) groups excluding carboxylic acids is 2. The monoisotopic (exact) mass is 536 g/mol. The van der Waals surface area contributed by atoms with E-state index >= 15 is 0 Å². The van der Waals surface area contributed by atoms with Gasteiger partial charge in [0.2, 0.25) is 11.8 Å². The van der Waals surface area contributed by atoms with Crippen LogP contribution in [0.4, 0.5) is 10.5 Å². The van der Waals surface area contributed by atoms with Crippen LogP contribution < -0.4 is 16.2 Å². The third kappa shape index (κ3) is 7.84. The summed E-state index contributed by atoms with van der Waals surface area (Å²) in [5.74, 6) is 0.131. The summed E-state index contributed by atoms with van der Waals surface area (Å²) in [7, 11) is 3.21. The molecule has 0 bridgehead atoms. The maximum Gasteiger partial charge on any atom is 0.405 e. The number of amides is 3. The van der Waals surface area contributed by atoms with E-state index in [1.165, 1.54) is 21.6 Å². The number of anilines is 1. The molecule has 0 unspecified atom stereocenters. The summed E-state index contributed by atoms with van der Waals surface area (Å²) in [5, 5.41) is 13.8. The molecule has 3 amide bonds. The van der Waals surface area contributed by atoms with Gasteiger partial charge in [-0.2, -0.15) is 0 Å². The lowest BCUT2D eigenvalue weighted by Gasteiger charge is -2.16. The van der Waals surface area contributed by atoms with Gasteiger partial charge in [-0.15, -0.1) is 0 Å². The van der Waals surface area contributed by atoms with Gasteiger partial charge in [0.1, 0.15) is 28.9 Å². The number of allylic oxidation sites excluding steroid dienone is 2. The summed E-state index contributed by atoms with van der Waals surface area (Å²) in [6.07, 6.45) is 5.33. The molecule has 0 saturated carbocycles. The minimum Gasteiger partial charge on any atom is -0.465 e. The number of H-pyrrole nitrogens is 1. The van der Waals surface area contributed by atoms with Gasteiger partial charge in [-0.1, -0.05) is 11.6 Å². The van der Waals surface area contributed by atoms with E-state index in [4.69, 9.17) is 5.11 Å². The number of hydrogen-bond acceptors (Lipinski definition) is 7. The van der Waals surface area contributed by atoms with Crippen LogP contribution in [0.15, 0.2) is 40.8 Å². The molecule has 1 atom stereocenters. The SMILES string of the molecule is CC(C)=Cc1nc(C)nc2[nH]c(Cn3cccc(NC(=O)[C@H](CC/C=C/C(=O)N(C)C)NC(=O)O)c3=O)nc12. The highest BCUT2D eigenvalue weighted by atomic mass is 16.4. The summed E-state index contributed by atoms with van der Waals surface area (Å²) in [6.45, 7) is 5.77. The molecule has 0 saturated heterocycles. The van der Waals surface area contributed by atoms with Crippen LogP contribution in [0, 0.1) is 6.92 Å². The van der Waals surface area contributed by atoms with E-state index in [9.17, 15) is 19.2 Å². The number of nitrogens with zero attached hydrogens (tertiary/aromatic N) is 5. The summed E-state index contributed by atoms with van der Waals surface area (Å²) in [6, 6.07) is 1.89. The molecule has 39 heavy (non-hydrogen) atoms. The molecule has 13 nitrogen and oxygen atoms in total. The zero-order chi connectivity index (χ0) is 28.7. The normalized spacial score (nSPS) is 11.8. The van der Waals surface area contributed by atoms with Crippen LogP contribution in [0.2, 0.25) is 0 Å². The van der Waals surface area contributed by atoms with Crippen LogP contribution in [-0.2, 0) is 16.1 Å². The quantitative estimate of drug-likeness (QED) is 0.285. The largest absolute Gasteiger partial charge is 0.465 e. The Labute approximate surface area is 224 Å². The van der Waals surface area contributed by atoms with E-state index in [-0.39, 0.29) is 31.0 Å². The van der Waals surface area contributed by atoms with E-state index in [1.54, 1.807) is 39.4 Å². The second-order valence-electron chi connectivity index (χ2n) is 9.32. The molecule has 13 heteroatoms. The van der Waals surface area contributed by atoms with E-state index in [1.807, 2.05) is 19.9 Å². The Bertz CT molecular complexity index is 1500. The van der Waals surface area contributed by atoms with Crippen molar-refractivity contribution in [2.24, 2.45) is 0 Å². The fraction of sp³-hybridized carbons (Fsp3) is 0.346. The maximum absolute atomic E-state index is 13.1. The van der Waals surface area contributed by atoms with Gasteiger partial charge in [-0.25, -0.2) is 19.7 Å². The molecule has 3 rings (SSSR count). The van der Waals surface area contributed by atoms with Crippen LogP contribution in [0.25, 0.3) is 17.2 Å². The van der Waals surface area contributed by atoms with Crippen molar-refractivity contribution < 1.29 is 19.5 Å². The predicted octanol–water partition coefficient (Wildman–Crippen LogP) is 2.29. The minimum absolute atomic E-state index is 0.0185. The van der Waals surface area contributed by atoms with Crippen molar-refractivity contribution in [2.45, 2.75) is 46.2 Å². The van der Waals surface area contributed by atoms with E-state index in [2.05, 4.69) is 30.6 Å². The van der Waals surface area contributed by atoms with Gasteiger partial charge < -0.3 is 30.2 Å². The number of likely N-dealkylation sites (N-methyl/N-ethyl adjacent to an activating group) is 1. The third-order valence-electron chi connectivity index (χ3n) is 5.49. The summed E-state index contributed by atoms with van der Waals surface area (Å²) >= 11 is 0. The Kier molecular flexibility index (Phi) is 9.31. The van der Waals surface area contributed by atoms with Crippen LogP contribution in [-0.4, -0.2) is 72.6 Å². The lowest BCUT2D eigenvalue weighted by molar-refractivity contribution is -0.123. The summed E-state index contributed by atoms with van der Waals surface area (Å²) < 4.78 is 1.36. The van der Waals surface area contributed by atoms with Crippen LogP contribution in [0.1, 0.15) is 44.0 Å². The first-order chi connectivity index (χ1) is 18.4. The molecule has 3 aromatic heterocycles. The number of carbonyl (C=O) groups is 3. The second-order valence-corrected chi connectivity index (χ2v) is 9.32. The van der Waals surface area contributed by atoms with Gasteiger partial charge >= 0.3 is 6.09 Å². The minimum atomic E-state index is -1.38. The fourth-order valence-electron chi connectivity index (χ4n) is 3.69. The Morgan fingerprint density at radius 3 is 2.62 bits per heavy atom. The Morgan fingerprint density at radius 1 is 1.21 bits per heavy atom. The number of pyridine rings is 1. The van der Waals surface area contributed by atoms with Gasteiger partial charge in [0, 0.05) is 20.3 Å². The molecule has 0 aliphatic rings. The lowest BCUT2D eigenvalue weighted by atomic mass is 10.1. The van der Waals surface area contributed by atoms with E-state index in [0.717, 1.165) is 5.57 Å². The highest BCUT2D eigenvalue weighted by Crippen LogP contribution is 2.17. The topological polar surface area (TPSA) is 175 Å². The Morgan fingerprint density at radius 2 is 1.95 bits per heavy atom. The third-order valence-corrected chi connectivity index (χ3v) is 5.49. The van der Waals surface area contributed by atoms with Gasteiger partial charge in [-0.3, -0.25) is 14.4 Å². The smallest absolute Gasteiger partial charge is 0.405 e. The molecule has 3 heterocycles. The number of rotatable bonds is 10. The van der Waals surface area contributed by atoms with Crippen LogP contribution >= 0.6 is 0 Å². The second kappa shape index (κ2) is 12.6. The number of hydrogen-bond donors (Lipinski definition) is 4. The molecule has 3 aromatic rings. The van der Waals surface area contributed by atoms with Crippen molar-refractivity contribution in [3.8, 4) is 0 Å². The summed E-state index contributed by atoms with van der Waals surface area (Å²) in [4.78, 5) is 66.8. The highest BCUT2D eigenvalue weighted by molar-refractivity contribution is 5.96. The van der Waals surface area contributed by atoms with Crippen molar-refractivity contribution >= 4 is 40.8 Å². The highest BCUT2D eigenvalue weighted by Gasteiger charge is 2.21. The number of fused-ring (bicyclic) bond motifs is 1. The van der Waals surface area contributed by atoms with Gasteiger partial charge in [-0.05, 0) is 57.9 Å². The molecule has 0 spiro atoms. The molecular formula is C26H32N8O5. The summed E-state index contributed by atoms with van der Waals surface area (Å²) in [5.41, 5.74) is 2.34. The molecule has 0 fully saturated rings. The number of imidazole rings is 1. The molecule has 0 aromatic carbocycles. The average molecular weight is 537 g/mol. The number of aryl methyl sites for hydroxylation is 1. The Balaban J connectivity index is 1.78.